The molecule has 108 valence electrons. The maximum atomic E-state index is 4.80. The molecule has 0 unspecified atom stereocenters. The molecule has 3 nitrogen and oxygen atoms in total. The minimum absolute atomic E-state index is 0.568. The number of hydrogen-bond acceptors (Lipinski definition) is 3. The molecule has 0 N–H and O–H groups in total. The lowest BCUT2D eigenvalue weighted by atomic mass is 10.1. The van der Waals surface area contributed by atoms with Crippen LogP contribution in [0.15, 0.2) is 46.6 Å². The number of nitrogens with zero attached hydrogens (tertiary/aromatic N) is 3. The highest BCUT2D eigenvalue weighted by Crippen LogP contribution is 2.36. The summed E-state index contributed by atoms with van der Waals surface area (Å²) < 4.78 is 3.17. The Bertz CT molecular complexity index is 731. The van der Waals surface area contributed by atoms with Gasteiger partial charge in [0.25, 0.3) is 0 Å². The highest BCUT2D eigenvalue weighted by molar-refractivity contribution is 9.11. The second-order valence-electron chi connectivity index (χ2n) is 5.35. The van der Waals surface area contributed by atoms with Gasteiger partial charge in [-0.3, -0.25) is 9.67 Å². The van der Waals surface area contributed by atoms with E-state index in [-0.39, 0.29) is 0 Å². The normalized spacial score (nSPS) is 11.2. The van der Waals surface area contributed by atoms with Crippen molar-refractivity contribution in [2.75, 3.05) is 0 Å². The van der Waals surface area contributed by atoms with Gasteiger partial charge in [0.05, 0.1) is 8.66 Å². The lowest BCUT2D eigenvalue weighted by Crippen LogP contribution is -2.04. The summed E-state index contributed by atoms with van der Waals surface area (Å²) in [5.74, 6) is 0.568. The van der Waals surface area contributed by atoms with Gasteiger partial charge in [0.1, 0.15) is 5.69 Å². The van der Waals surface area contributed by atoms with Crippen LogP contribution in [0.1, 0.15) is 13.8 Å². The zero-order valence-corrected chi connectivity index (χ0v) is 14.4. The first-order valence-corrected chi connectivity index (χ1v) is 8.48. The van der Waals surface area contributed by atoms with E-state index in [4.69, 9.17) is 5.10 Å². The van der Waals surface area contributed by atoms with Crippen LogP contribution in [0.5, 0.6) is 0 Å². The molecule has 0 saturated carbocycles. The minimum Gasteiger partial charge on any atom is -0.271 e. The van der Waals surface area contributed by atoms with E-state index in [1.54, 1.807) is 11.3 Å². The molecule has 0 atom stereocenters. The predicted octanol–water partition coefficient (Wildman–Crippen LogP) is 5.09. The summed E-state index contributed by atoms with van der Waals surface area (Å²) in [6, 6.07) is 8.24. The third kappa shape index (κ3) is 3.24. The minimum atomic E-state index is 0.568. The van der Waals surface area contributed by atoms with E-state index in [0.717, 1.165) is 27.2 Å². The third-order valence-electron chi connectivity index (χ3n) is 3.11. The lowest BCUT2D eigenvalue weighted by Gasteiger charge is -2.03. The third-order valence-corrected chi connectivity index (χ3v) is 4.74. The van der Waals surface area contributed by atoms with Crippen LogP contribution in [0, 0.1) is 5.92 Å². The first-order chi connectivity index (χ1) is 10.1. The van der Waals surface area contributed by atoms with E-state index < -0.39 is 0 Å². The van der Waals surface area contributed by atoms with Crippen LogP contribution in [-0.2, 0) is 6.54 Å². The van der Waals surface area contributed by atoms with Crippen molar-refractivity contribution >= 4 is 27.3 Å². The standard InChI is InChI=1S/C16H16BrN3S/c1-11(2)9-20-10-13(12-5-7-18-8-6-12)16(19-20)14-3-4-15(17)21-14/h3-8,10-11H,9H2,1-2H3. The van der Waals surface area contributed by atoms with Crippen molar-refractivity contribution in [1.82, 2.24) is 14.8 Å². The van der Waals surface area contributed by atoms with Crippen molar-refractivity contribution < 1.29 is 0 Å². The maximum absolute atomic E-state index is 4.80. The second-order valence-corrected chi connectivity index (χ2v) is 7.81. The molecule has 3 aromatic heterocycles. The van der Waals surface area contributed by atoms with Gasteiger partial charge in [-0.05, 0) is 51.7 Å². The van der Waals surface area contributed by atoms with Crippen LogP contribution in [0.3, 0.4) is 0 Å². The Morgan fingerprint density at radius 3 is 2.57 bits per heavy atom. The Balaban J connectivity index is 2.10. The molecule has 3 heterocycles. The molecule has 0 spiro atoms. The van der Waals surface area contributed by atoms with Gasteiger partial charge in [0.2, 0.25) is 0 Å². The molecule has 21 heavy (non-hydrogen) atoms. The fourth-order valence-electron chi connectivity index (χ4n) is 2.26. The van der Waals surface area contributed by atoms with E-state index in [1.807, 2.05) is 29.2 Å². The smallest absolute Gasteiger partial charge is 0.110 e. The number of rotatable bonds is 4. The Kier molecular flexibility index (Phi) is 4.22. The van der Waals surface area contributed by atoms with Crippen molar-refractivity contribution in [2.45, 2.75) is 20.4 Å². The summed E-state index contributed by atoms with van der Waals surface area (Å²) in [5.41, 5.74) is 3.35. The number of halogens is 1. The molecule has 0 radical (unpaired) electrons. The van der Waals surface area contributed by atoms with Gasteiger partial charge in [-0.15, -0.1) is 11.3 Å². The van der Waals surface area contributed by atoms with Gasteiger partial charge < -0.3 is 0 Å². The molecule has 0 aliphatic carbocycles. The molecule has 0 fully saturated rings. The number of aromatic nitrogens is 3. The van der Waals surface area contributed by atoms with Crippen molar-refractivity contribution in [1.29, 1.82) is 0 Å². The van der Waals surface area contributed by atoms with E-state index in [0.29, 0.717) is 5.92 Å². The second kappa shape index (κ2) is 6.12. The van der Waals surface area contributed by atoms with Crippen molar-refractivity contribution in [2.24, 2.45) is 5.92 Å². The number of pyridine rings is 1. The predicted molar refractivity (Wildman–Crippen MR) is 91.3 cm³/mol. The van der Waals surface area contributed by atoms with E-state index in [1.165, 1.54) is 4.88 Å². The Morgan fingerprint density at radius 1 is 1.19 bits per heavy atom. The van der Waals surface area contributed by atoms with Gasteiger partial charge in [0.15, 0.2) is 0 Å². The molecule has 3 aromatic rings. The van der Waals surface area contributed by atoms with Crippen molar-refractivity contribution in [3.63, 3.8) is 0 Å². The molecule has 0 bridgehead atoms. The molecular weight excluding hydrogens is 346 g/mol. The molecule has 0 aliphatic rings. The number of thiophene rings is 1. The zero-order chi connectivity index (χ0) is 14.8. The quantitative estimate of drug-likeness (QED) is 0.647. The number of hydrogen-bond donors (Lipinski definition) is 0. The van der Waals surface area contributed by atoms with Gasteiger partial charge in [0, 0.05) is 30.7 Å². The van der Waals surface area contributed by atoms with Gasteiger partial charge in [-0.25, -0.2) is 0 Å². The van der Waals surface area contributed by atoms with E-state index in [9.17, 15) is 0 Å². The lowest BCUT2D eigenvalue weighted by molar-refractivity contribution is 0.484. The monoisotopic (exact) mass is 361 g/mol. The average molecular weight is 362 g/mol. The first kappa shape index (κ1) is 14.5. The van der Waals surface area contributed by atoms with Crippen LogP contribution >= 0.6 is 27.3 Å². The molecular formula is C16H16BrN3S. The first-order valence-electron chi connectivity index (χ1n) is 6.87. The summed E-state index contributed by atoms with van der Waals surface area (Å²) in [6.07, 6.45) is 5.78. The van der Waals surface area contributed by atoms with Crippen LogP contribution in [0.2, 0.25) is 0 Å². The Hall–Kier alpha value is -1.46. The molecule has 0 aliphatic heterocycles. The van der Waals surface area contributed by atoms with E-state index in [2.05, 4.69) is 53.1 Å². The fourth-order valence-corrected chi connectivity index (χ4v) is 3.64. The molecule has 0 saturated heterocycles. The summed E-state index contributed by atoms with van der Waals surface area (Å²) in [6.45, 7) is 5.33. The molecule has 3 rings (SSSR count). The maximum Gasteiger partial charge on any atom is 0.110 e. The molecule has 0 amide bonds. The molecule has 5 heteroatoms. The Morgan fingerprint density at radius 2 is 1.95 bits per heavy atom. The highest BCUT2D eigenvalue weighted by Gasteiger charge is 2.15. The zero-order valence-electron chi connectivity index (χ0n) is 12.0. The van der Waals surface area contributed by atoms with Crippen molar-refractivity contribution in [3.05, 3.63) is 46.6 Å². The SMILES string of the molecule is CC(C)Cn1cc(-c2ccncc2)c(-c2ccc(Br)s2)n1. The highest BCUT2D eigenvalue weighted by atomic mass is 79.9. The Labute approximate surface area is 136 Å². The van der Waals surface area contributed by atoms with Crippen LogP contribution in [0.4, 0.5) is 0 Å². The van der Waals surface area contributed by atoms with Crippen LogP contribution in [-0.4, -0.2) is 14.8 Å². The van der Waals surface area contributed by atoms with Crippen LogP contribution in [0.25, 0.3) is 21.7 Å². The fraction of sp³-hybridized carbons (Fsp3) is 0.250. The largest absolute Gasteiger partial charge is 0.271 e. The van der Waals surface area contributed by atoms with Crippen molar-refractivity contribution in [3.8, 4) is 21.7 Å². The van der Waals surface area contributed by atoms with E-state index >= 15 is 0 Å². The van der Waals surface area contributed by atoms with Crippen LogP contribution < -0.4 is 0 Å². The van der Waals surface area contributed by atoms with Gasteiger partial charge in [-0.1, -0.05) is 13.8 Å². The summed E-state index contributed by atoms with van der Waals surface area (Å²) in [4.78, 5) is 5.28. The topological polar surface area (TPSA) is 30.7 Å². The van der Waals surface area contributed by atoms with Gasteiger partial charge >= 0.3 is 0 Å². The summed E-state index contributed by atoms with van der Waals surface area (Å²) in [7, 11) is 0. The molecule has 0 aromatic carbocycles. The average Bonchev–Trinajstić information content (AvgIpc) is 3.05. The summed E-state index contributed by atoms with van der Waals surface area (Å²) >= 11 is 5.24. The summed E-state index contributed by atoms with van der Waals surface area (Å²) in [5, 5.41) is 4.80. The van der Waals surface area contributed by atoms with Gasteiger partial charge in [-0.2, -0.15) is 5.10 Å².